The summed E-state index contributed by atoms with van der Waals surface area (Å²) in [6.07, 6.45) is 9.40. The molecule has 0 bridgehead atoms. The van der Waals surface area contributed by atoms with Crippen LogP contribution in [0, 0.1) is 26.7 Å². The van der Waals surface area contributed by atoms with Crippen LogP contribution in [-0.4, -0.2) is 32.6 Å². The van der Waals surface area contributed by atoms with Gasteiger partial charge in [0, 0.05) is 42.7 Å². The van der Waals surface area contributed by atoms with Gasteiger partial charge in [-0.3, -0.25) is 9.78 Å². The van der Waals surface area contributed by atoms with Crippen molar-refractivity contribution in [1.82, 2.24) is 25.4 Å². The second-order valence-electron chi connectivity index (χ2n) is 8.17. The monoisotopic (exact) mass is 405 g/mol. The molecule has 156 valence electrons. The van der Waals surface area contributed by atoms with E-state index in [-0.39, 0.29) is 5.91 Å². The Morgan fingerprint density at radius 1 is 1.17 bits per heavy atom. The van der Waals surface area contributed by atoms with E-state index in [0.29, 0.717) is 23.9 Å². The highest BCUT2D eigenvalue weighted by molar-refractivity contribution is 5.95. The summed E-state index contributed by atoms with van der Waals surface area (Å²) in [5.41, 5.74) is 4.43. The molecule has 1 aliphatic rings. The van der Waals surface area contributed by atoms with E-state index in [1.54, 1.807) is 18.5 Å². The third-order valence-electron chi connectivity index (χ3n) is 5.88. The molecule has 1 amide bonds. The van der Waals surface area contributed by atoms with Crippen LogP contribution in [0.1, 0.15) is 64.7 Å². The number of hydrogen-bond acceptors (Lipinski definition) is 6. The summed E-state index contributed by atoms with van der Waals surface area (Å²) in [6.45, 7) is 6.44. The summed E-state index contributed by atoms with van der Waals surface area (Å²) in [7, 11) is 0. The number of aryl methyl sites for hydroxylation is 3. The second-order valence-corrected chi connectivity index (χ2v) is 8.17. The minimum atomic E-state index is -0.0218. The highest BCUT2D eigenvalue weighted by atomic mass is 16.5. The van der Waals surface area contributed by atoms with Crippen LogP contribution in [-0.2, 0) is 0 Å². The van der Waals surface area contributed by atoms with E-state index in [4.69, 9.17) is 9.51 Å². The third kappa shape index (κ3) is 4.40. The van der Waals surface area contributed by atoms with Crippen molar-refractivity contribution in [3.8, 4) is 11.3 Å². The van der Waals surface area contributed by atoms with Gasteiger partial charge in [-0.25, -0.2) is 9.97 Å². The van der Waals surface area contributed by atoms with Gasteiger partial charge in [-0.1, -0.05) is 5.16 Å². The Bertz CT molecular complexity index is 1040. The van der Waals surface area contributed by atoms with Crippen molar-refractivity contribution < 1.29 is 9.32 Å². The maximum atomic E-state index is 12.5. The van der Waals surface area contributed by atoms with Crippen LogP contribution in [0.25, 0.3) is 11.3 Å². The average molecular weight is 406 g/mol. The maximum Gasteiger partial charge on any atom is 0.251 e. The van der Waals surface area contributed by atoms with E-state index in [1.165, 1.54) is 0 Å². The van der Waals surface area contributed by atoms with Gasteiger partial charge in [-0.05, 0) is 64.0 Å². The van der Waals surface area contributed by atoms with Gasteiger partial charge < -0.3 is 9.84 Å². The molecule has 0 aromatic carbocycles. The van der Waals surface area contributed by atoms with Gasteiger partial charge in [-0.15, -0.1) is 0 Å². The molecule has 30 heavy (non-hydrogen) atoms. The molecule has 0 atom stereocenters. The van der Waals surface area contributed by atoms with Gasteiger partial charge in [0.1, 0.15) is 5.82 Å². The summed E-state index contributed by atoms with van der Waals surface area (Å²) >= 11 is 0. The minimum absolute atomic E-state index is 0.0218. The first kappa shape index (κ1) is 20.2. The first-order valence-corrected chi connectivity index (χ1v) is 10.5. The average Bonchev–Trinajstić information content (AvgIpc) is 3.19. The number of nitrogens with zero attached hydrogens (tertiary/aromatic N) is 4. The predicted molar refractivity (Wildman–Crippen MR) is 113 cm³/mol. The molecule has 0 aliphatic heterocycles. The van der Waals surface area contributed by atoms with Crippen molar-refractivity contribution in [3.63, 3.8) is 0 Å². The van der Waals surface area contributed by atoms with Gasteiger partial charge in [0.25, 0.3) is 5.91 Å². The van der Waals surface area contributed by atoms with Crippen LogP contribution < -0.4 is 5.32 Å². The van der Waals surface area contributed by atoms with Crippen molar-refractivity contribution in [1.29, 1.82) is 0 Å². The molecule has 0 spiro atoms. The van der Waals surface area contributed by atoms with Crippen LogP contribution >= 0.6 is 0 Å². The molecule has 1 fully saturated rings. The van der Waals surface area contributed by atoms with Gasteiger partial charge in [-0.2, -0.15) is 0 Å². The molecule has 4 rings (SSSR count). The Labute approximate surface area is 176 Å². The fourth-order valence-electron chi connectivity index (χ4n) is 4.18. The van der Waals surface area contributed by atoms with Crippen molar-refractivity contribution in [2.75, 3.05) is 6.54 Å². The molecule has 1 N–H and O–H groups in total. The van der Waals surface area contributed by atoms with Crippen molar-refractivity contribution in [3.05, 3.63) is 59.1 Å². The van der Waals surface area contributed by atoms with E-state index in [2.05, 4.69) is 20.4 Å². The largest absolute Gasteiger partial charge is 0.356 e. The van der Waals surface area contributed by atoms with Crippen LogP contribution in [0.3, 0.4) is 0 Å². The molecular formula is C23H27N5O2. The van der Waals surface area contributed by atoms with E-state index in [0.717, 1.165) is 59.8 Å². The molecule has 3 aromatic heterocycles. The Morgan fingerprint density at radius 3 is 2.67 bits per heavy atom. The second kappa shape index (κ2) is 8.73. The zero-order chi connectivity index (χ0) is 21.1. The van der Waals surface area contributed by atoms with Crippen molar-refractivity contribution >= 4 is 5.91 Å². The summed E-state index contributed by atoms with van der Waals surface area (Å²) in [5, 5.41) is 7.11. The van der Waals surface area contributed by atoms with Crippen molar-refractivity contribution in [2.24, 2.45) is 5.92 Å². The number of carbonyl (C=O) groups is 1. The van der Waals surface area contributed by atoms with Gasteiger partial charge in [0.05, 0.1) is 17.0 Å². The van der Waals surface area contributed by atoms with Crippen LogP contribution in [0.4, 0.5) is 0 Å². The Hall–Kier alpha value is -3.09. The Kier molecular flexibility index (Phi) is 5.88. The molecule has 3 heterocycles. The van der Waals surface area contributed by atoms with E-state index in [9.17, 15) is 4.79 Å². The summed E-state index contributed by atoms with van der Waals surface area (Å²) in [6, 6.07) is 3.70. The number of nitrogens with one attached hydrogen (secondary N) is 1. The van der Waals surface area contributed by atoms with E-state index in [1.807, 2.05) is 33.0 Å². The number of rotatable bonds is 5. The molecule has 7 nitrogen and oxygen atoms in total. The number of aromatic nitrogens is 4. The quantitative estimate of drug-likeness (QED) is 0.685. The highest BCUT2D eigenvalue weighted by Gasteiger charge is 2.27. The van der Waals surface area contributed by atoms with E-state index >= 15 is 0 Å². The SMILES string of the molecule is Cc1cc(-c2cnc(C)nc2C2CCC(CNC(=O)c3ccncc3C)CC2)on1. The Balaban J connectivity index is 1.39. The van der Waals surface area contributed by atoms with Gasteiger partial charge in [0.15, 0.2) is 5.76 Å². The van der Waals surface area contributed by atoms with Crippen LogP contribution in [0.15, 0.2) is 35.2 Å². The normalized spacial score (nSPS) is 18.9. The number of carbonyl (C=O) groups excluding carboxylic acids is 1. The number of hydrogen-bond donors (Lipinski definition) is 1. The number of amides is 1. The summed E-state index contributed by atoms with van der Waals surface area (Å²) in [4.78, 5) is 25.6. The molecule has 0 radical (unpaired) electrons. The molecular weight excluding hydrogens is 378 g/mol. The lowest BCUT2D eigenvalue weighted by molar-refractivity contribution is 0.0942. The fourth-order valence-corrected chi connectivity index (χ4v) is 4.18. The zero-order valence-electron chi connectivity index (χ0n) is 17.7. The molecule has 0 saturated heterocycles. The topological polar surface area (TPSA) is 93.8 Å². The Morgan fingerprint density at radius 2 is 1.97 bits per heavy atom. The van der Waals surface area contributed by atoms with Crippen LogP contribution in [0.2, 0.25) is 0 Å². The molecule has 1 aliphatic carbocycles. The zero-order valence-corrected chi connectivity index (χ0v) is 17.7. The molecule has 0 unspecified atom stereocenters. The smallest absolute Gasteiger partial charge is 0.251 e. The lowest BCUT2D eigenvalue weighted by atomic mass is 9.79. The maximum absolute atomic E-state index is 12.5. The first-order valence-electron chi connectivity index (χ1n) is 10.5. The molecule has 3 aromatic rings. The first-order chi connectivity index (χ1) is 14.5. The summed E-state index contributed by atoms with van der Waals surface area (Å²) < 4.78 is 5.48. The summed E-state index contributed by atoms with van der Waals surface area (Å²) in [5.74, 6) is 2.32. The van der Waals surface area contributed by atoms with E-state index < -0.39 is 0 Å². The minimum Gasteiger partial charge on any atom is -0.356 e. The van der Waals surface area contributed by atoms with Gasteiger partial charge in [0.2, 0.25) is 0 Å². The standard InChI is InChI=1S/C23H27N5O2/c1-14-11-24-9-8-19(14)23(29)26-12-17-4-6-18(7-5-17)22-20(13-25-16(3)27-22)21-10-15(2)28-30-21/h8-11,13,17-18H,4-7,12H2,1-3H3,(H,26,29). The lowest BCUT2D eigenvalue weighted by Gasteiger charge is -2.29. The fraction of sp³-hybridized carbons (Fsp3) is 0.435. The lowest BCUT2D eigenvalue weighted by Crippen LogP contribution is -2.31. The third-order valence-corrected chi connectivity index (χ3v) is 5.88. The van der Waals surface area contributed by atoms with Crippen molar-refractivity contribution in [2.45, 2.75) is 52.4 Å². The van der Waals surface area contributed by atoms with Crippen LogP contribution in [0.5, 0.6) is 0 Å². The van der Waals surface area contributed by atoms with Gasteiger partial charge >= 0.3 is 0 Å². The molecule has 1 saturated carbocycles. The predicted octanol–water partition coefficient (Wildman–Crippen LogP) is 4.16. The molecule has 7 heteroatoms. The highest BCUT2D eigenvalue weighted by Crippen LogP contribution is 2.38. The number of pyridine rings is 1.